The lowest BCUT2D eigenvalue weighted by Gasteiger charge is -2.44. The Bertz CT molecular complexity index is 4140. The molecule has 6 aliphatic heterocycles. The molecule has 0 unspecified atom stereocenters. The van der Waals surface area contributed by atoms with E-state index in [0.29, 0.717) is 0 Å². The van der Waals surface area contributed by atoms with E-state index in [1.807, 2.05) is 0 Å². The summed E-state index contributed by atoms with van der Waals surface area (Å²) >= 11 is 0. The maximum atomic E-state index is 2.60. The molecule has 0 aliphatic carbocycles. The molecule has 0 radical (unpaired) electrons. The molecule has 0 saturated heterocycles. The van der Waals surface area contributed by atoms with E-state index in [4.69, 9.17) is 0 Å². The molecule has 0 saturated carbocycles. The van der Waals surface area contributed by atoms with Crippen LogP contribution in [0.3, 0.4) is 0 Å². The second kappa shape index (κ2) is 16.3. The van der Waals surface area contributed by atoms with Gasteiger partial charge in [0.05, 0.1) is 0 Å². The van der Waals surface area contributed by atoms with Crippen molar-refractivity contribution in [3.05, 3.63) is 273 Å². The number of nitrogens with zero attached hydrogens (tertiary/aromatic N) is 4. The van der Waals surface area contributed by atoms with Crippen LogP contribution in [-0.4, -0.2) is 20.5 Å². The van der Waals surface area contributed by atoms with Gasteiger partial charge in [0.15, 0.2) is 0 Å². The highest BCUT2D eigenvalue weighted by molar-refractivity contribution is 6.94. The number of fused-ring (bicyclic) bond motifs is 33. The third-order valence-electron chi connectivity index (χ3n) is 18.0. The molecule has 362 valence electrons. The molecule has 12 aromatic rings. The minimum Gasteiger partial charge on any atom is -0.376 e. The van der Waals surface area contributed by atoms with Gasteiger partial charge >= 0.3 is 20.5 Å². The van der Waals surface area contributed by atoms with Crippen LogP contribution in [0.5, 0.6) is 0 Å². The number of benzene rings is 12. The summed E-state index contributed by atoms with van der Waals surface area (Å²) in [7, 11) is 0. The Balaban J connectivity index is 0.873. The number of rotatable bonds is 3. The van der Waals surface area contributed by atoms with Crippen LogP contribution in [0, 0.1) is 0 Å². The highest BCUT2D eigenvalue weighted by atomic mass is 15.2. The van der Waals surface area contributed by atoms with E-state index in [1.54, 1.807) is 0 Å². The predicted molar refractivity (Wildman–Crippen MR) is 335 cm³/mol. The molecule has 0 atom stereocenters. The molecule has 79 heavy (non-hydrogen) atoms. The molecule has 0 spiro atoms. The van der Waals surface area contributed by atoms with Crippen LogP contribution in [0.4, 0.5) is 51.2 Å². The third-order valence-corrected chi connectivity index (χ3v) is 18.0. The van der Waals surface area contributed by atoms with Crippen LogP contribution in [0.25, 0.3) is 66.8 Å². The highest BCUT2D eigenvalue weighted by Crippen LogP contribution is 2.53. The summed E-state index contributed by atoms with van der Waals surface area (Å²) in [6.07, 6.45) is 0. The first-order valence-electron chi connectivity index (χ1n) is 27.7. The van der Waals surface area contributed by atoms with Gasteiger partial charge in [-0.3, -0.25) is 0 Å². The van der Waals surface area contributed by atoms with Gasteiger partial charge in [-0.2, -0.15) is 0 Å². The van der Waals surface area contributed by atoms with E-state index in [2.05, 4.69) is 292 Å². The van der Waals surface area contributed by atoms with Crippen LogP contribution >= 0.6 is 0 Å². The summed E-state index contributed by atoms with van der Waals surface area (Å²) in [4.78, 5) is 10.3. The molecule has 0 bridgehead atoms. The quantitative estimate of drug-likeness (QED) is 0.164. The Kier molecular flexibility index (Phi) is 8.90. The van der Waals surface area contributed by atoms with E-state index >= 15 is 0 Å². The number of para-hydroxylation sites is 3. The minimum atomic E-state index is 0.0320. The molecule has 18 rings (SSSR count). The lowest BCUT2D eigenvalue weighted by molar-refractivity contribution is 1.26. The van der Waals surface area contributed by atoms with Crippen molar-refractivity contribution < 1.29 is 0 Å². The van der Waals surface area contributed by atoms with E-state index in [0.717, 1.165) is 17.1 Å². The summed E-state index contributed by atoms with van der Waals surface area (Å²) in [6.45, 7) is 0.0961. The first kappa shape index (κ1) is 43.2. The van der Waals surface area contributed by atoms with E-state index in [1.165, 1.54) is 134 Å². The molecule has 4 nitrogen and oxygen atoms in total. The van der Waals surface area contributed by atoms with Crippen LogP contribution < -0.4 is 52.1 Å². The van der Waals surface area contributed by atoms with E-state index < -0.39 is 0 Å². The molecule has 0 N–H and O–H groups in total. The largest absolute Gasteiger partial charge is 0.376 e. The molecular weight excluding hydrogens is 953 g/mol. The van der Waals surface area contributed by atoms with Gasteiger partial charge in [0.1, 0.15) is 0 Å². The zero-order chi connectivity index (χ0) is 51.4. The number of hydrogen-bond acceptors (Lipinski definition) is 4. The predicted octanol–water partition coefficient (Wildman–Crippen LogP) is 13.9. The van der Waals surface area contributed by atoms with Crippen LogP contribution in [0.15, 0.2) is 273 Å². The third kappa shape index (κ3) is 5.91. The average molecular weight is 999 g/mol. The second-order valence-electron chi connectivity index (χ2n) is 21.8. The monoisotopic (exact) mass is 998 g/mol. The van der Waals surface area contributed by atoms with E-state index in [-0.39, 0.29) is 20.5 Å². The van der Waals surface area contributed by atoms with Crippen molar-refractivity contribution in [2.75, 3.05) is 19.3 Å². The number of hydrogen-bond donors (Lipinski definition) is 0. The van der Waals surface area contributed by atoms with Crippen molar-refractivity contribution in [1.82, 2.24) is 0 Å². The Morgan fingerprint density at radius 2 is 0.392 bits per heavy atom. The van der Waals surface area contributed by atoms with Crippen molar-refractivity contribution in [3.8, 4) is 66.8 Å². The van der Waals surface area contributed by atoms with Gasteiger partial charge in [0.25, 0.3) is 0 Å². The fourth-order valence-electron chi connectivity index (χ4n) is 14.9. The molecule has 0 amide bonds. The van der Waals surface area contributed by atoms with Gasteiger partial charge in [-0.15, -0.1) is 0 Å². The Hall–Kier alpha value is -9.97. The van der Waals surface area contributed by atoms with Crippen molar-refractivity contribution in [2.24, 2.45) is 0 Å². The smallest absolute Gasteiger partial charge is 0.329 e. The maximum absolute atomic E-state index is 2.60. The molecule has 7 heteroatoms. The summed E-state index contributed by atoms with van der Waals surface area (Å²) < 4.78 is 0. The van der Waals surface area contributed by atoms with Gasteiger partial charge < -0.3 is 19.3 Å². The van der Waals surface area contributed by atoms with Crippen molar-refractivity contribution >= 4 is 105 Å². The van der Waals surface area contributed by atoms with Crippen LogP contribution in [-0.2, 0) is 0 Å². The second-order valence-corrected chi connectivity index (χ2v) is 21.8. The van der Waals surface area contributed by atoms with Crippen molar-refractivity contribution in [2.45, 2.75) is 0 Å². The zero-order valence-corrected chi connectivity index (χ0v) is 43.0. The van der Waals surface area contributed by atoms with Gasteiger partial charge in [-0.25, -0.2) is 0 Å². The molecule has 6 heterocycles. The van der Waals surface area contributed by atoms with Gasteiger partial charge in [-0.1, -0.05) is 200 Å². The van der Waals surface area contributed by atoms with Crippen LogP contribution in [0.1, 0.15) is 0 Å². The molecule has 0 aromatic heterocycles. The molecular formula is C72H45B3N4. The maximum Gasteiger partial charge on any atom is 0.329 e. The zero-order valence-electron chi connectivity index (χ0n) is 43.0. The first-order valence-corrected chi connectivity index (χ1v) is 27.7. The number of anilines is 9. The summed E-state index contributed by atoms with van der Waals surface area (Å²) in [5.74, 6) is 0. The fourth-order valence-corrected chi connectivity index (χ4v) is 14.9. The average Bonchev–Trinajstić information content (AvgIpc) is 3.72. The van der Waals surface area contributed by atoms with Crippen molar-refractivity contribution in [1.29, 1.82) is 0 Å². The van der Waals surface area contributed by atoms with Gasteiger partial charge in [0, 0.05) is 84.6 Å². The van der Waals surface area contributed by atoms with Gasteiger partial charge in [0.2, 0.25) is 0 Å². The molecule has 12 aromatic carbocycles. The SMILES string of the molecule is c1ccc2c(c1)B1c3ccccc3-c3cc(N(c4ccc5c(c4)-c4ccccc4B4c6ccccc6-c6ccccc6N45)c4ccc5c(c4)-c4ccccc4B4c6ccccc6-c6ccccc6N45)ccc3N1c1ccccc1-2. The highest BCUT2D eigenvalue weighted by Gasteiger charge is 2.46. The molecule has 0 fully saturated rings. The van der Waals surface area contributed by atoms with E-state index in [9.17, 15) is 0 Å². The first-order chi connectivity index (χ1) is 39.2. The van der Waals surface area contributed by atoms with Gasteiger partial charge in [-0.05, 0) is 139 Å². The summed E-state index contributed by atoms with van der Waals surface area (Å²) in [5.41, 5.74) is 33.6. The summed E-state index contributed by atoms with van der Waals surface area (Å²) in [5, 5.41) is 0. The van der Waals surface area contributed by atoms with Crippen molar-refractivity contribution in [3.63, 3.8) is 0 Å². The Labute approximate surface area is 461 Å². The Morgan fingerprint density at radius 1 is 0.190 bits per heavy atom. The minimum absolute atomic E-state index is 0.0320. The standard InChI is InChI=1S/C72H45B3N4/c1-10-28-61-49(19-1)55-25-7-16-34-67(55)77-70-40-37-46(43-58(70)52-22-4-13-31-64(52)73(61)77)76(47-38-41-71-59(44-47)53-23-5-14-32-65(53)74-62-29-11-2-20-50(62)56-26-8-17-35-68(56)78(71)74)48-39-42-72-60(45-48)54-24-6-15-33-66(54)75-63-30-12-3-21-51(63)57-27-9-18-36-69(57)79(72)75/h1-45H. The lowest BCUT2D eigenvalue weighted by Crippen LogP contribution is -2.59. The fraction of sp³-hybridized carbons (Fsp3) is 0. The Morgan fingerprint density at radius 3 is 0.658 bits per heavy atom. The normalized spacial score (nSPS) is 13.7. The lowest BCUT2D eigenvalue weighted by atomic mass is 9.43. The topological polar surface area (TPSA) is 13.0 Å². The summed E-state index contributed by atoms with van der Waals surface area (Å²) in [6, 6.07) is 103. The van der Waals surface area contributed by atoms with Crippen LogP contribution in [0.2, 0.25) is 0 Å². The molecule has 6 aliphatic rings.